The van der Waals surface area contributed by atoms with Gasteiger partial charge >= 0.3 is 6.09 Å². The molecule has 0 aromatic heterocycles. The van der Waals surface area contributed by atoms with Crippen molar-refractivity contribution in [2.75, 3.05) is 13.2 Å². The first-order valence-electron chi connectivity index (χ1n) is 9.28. The number of carbonyl (C=O) groups is 1. The van der Waals surface area contributed by atoms with Crippen molar-refractivity contribution in [1.29, 1.82) is 0 Å². The highest BCUT2D eigenvalue weighted by atomic mass is 16.6. The molecule has 0 aliphatic carbocycles. The minimum absolute atomic E-state index is 0.00807. The van der Waals surface area contributed by atoms with E-state index in [-0.39, 0.29) is 16.4 Å². The lowest BCUT2D eigenvalue weighted by Gasteiger charge is -2.33. The van der Waals surface area contributed by atoms with Gasteiger partial charge in [0.2, 0.25) is 0 Å². The standard InChI is InChI=1S/C20H41N3O3/c1-17(2,11-9-10-12-18(3,4)15-26-22)14-25-16(24)23-20(7,8)13-19(5,6)21/h9-10H,11-15,21-22H2,1-8H3,(H,23,24)/b10-9+. The number of carbonyl (C=O) groups excluding carboxylic acids is 1. The zero-order valence-electron chi connectivity index (χ0n) is 18.1. The zero-order valence-corrected chi connectivity index (χ0v) is 18.1. The number of ether oxygens (including phenoxy) is 1. The third-order valence-electron chi connectivity index (χ3n) is 3.91. The number of allylic oxidation sites excluding steroid dienone is 2. The van der Waals surface area contributed by atoms with Crippen molar-refractivity contribution in [1.82, 2.24) is 5.32 Å². The van der Waals surface area contributed by atoms with Crippen LogP contribution in [0.15, 0.2) is 12.2 Å². The van der Waals surface area contributed by atoms with Crippen LogP contribution >= 0.6 is 0 Å². The normalized spacial score (nSPS) is 13.9. The highest BCUT2D eigenvalue weighted by Gasteiger charge is 2.28. The zero-order chi connectivity index (χ0) is 20.6. The molecule has 0 saturated carbocycles. The van der Waals surface area contributed by atoms with Crippen molar-refractivity contribution in [2.45, 2.75) is 85.7 Å². The second kappa shape index (κ2) is 9.72. The lowest BCUT2D eigenvalue weighted by molar-refractivity contribution is 0.0641. The van der Waals surface area contributed by atoms with Gasteiger partial charge in [-0.2, -0.15) is 0 Å². The van der Waals surface area contributed by atoms with Gasteiger partial charge in [-0.3, -0.25) is 0 Å². The summed E-state index contributed by atoms with van der Waals surface area (Å²) < 4.78 is 5.43. The van der Waals surface area contributed by atoms with E-state index < -0.39 is 11.6 Å². The first-order chi connectivity index (χ1) is 11.6. The molecule has 6 heteroatoms. The van der Waals surface area contributed by atoms with Crippen molar-refractivity contribution in [2.24, 2.45) is 22.5 Å². The Hall–Kier alpha value is -1.11. The molecule has 0 aliphatic heterocycles. The molecule has 0 heterocycles. The summed E-state index contributed by atoms with van der Waals surface area (Å²) in [5.74, 6) is 5.15. The molecule has 5 N–H and O–H groups in total. The van der Waals surface area contributed by atoms with Gasteiger partial charge in [-0.15, -0.1) is 0 Å². The quantitative estimate of drug-likeness (QED) is 0.378. The molecule has 0 saturated heterocycles. The summed E-state index contributed by atoms with van der Waals surface area (Å²) >= 11 is 0. The average molecular weight is 372 g/mol. The molecular weight excluding hydrogens is 330 g/mol. The third kappa shape index (κ3) is 13.1. The number of amides is 1. The summed E-state index contributed by atoms with van der Waals surface area (Å²) in [5, 5.41) is 2.90. The van der Waals surface area contributed by atoms with Crippen LogP contribution in [0, 0.1) is 10.8 Å². The fourth-order valence-corrected chi connectivity index (χ4v) is 2.90. The molecule has 0 bridgehead atoms. The molecule has 0 spiro atoms. The van der Waals surface area contributed by atoms with Crippen LogP contribution in [-0.4, -0.2) is 30.4 Å². The SMILES string of the molecule is CC(C)(N)CC(C)(C)NC(=O)OCC(C)(C)C/C=C/CC(C)(C)CON. The van der Waals surface area contributed by atoms with E-state index in [0.29, 0.717) is 19.6 Å². The molecule has 6 nitrogen and oxygen atoms in total. The maximum absolute atomic E-state index is 12.1. The van der Waals surface area contributed by atoms with Crippen molar-refractivity contribution in [3.8, 4) is 0 Å². The Morgan fingerprint density at radius 1 is 0.923 bits per heavy atom. The van der Waals surface area contributed by atoms with Gasteiger partial charge in [0.25, 0.3) is 0 Å². The summed E-state index contributed by atoms with van der Waals surface area (Å²) in [4.78, 5) is 16.8. The minimum Gasteiger partial charge on any atom is -0.449 e. The highest BCUT2D eigenvalue weighted by Crippen LogP contribution is 2.25. The Bertz CT molecular complexity index is 463. The first kappa shape index (κ1) is 24.9. The van der Waals surface area contributed by atoms with Gasteiger partial charge in [0.1, 0.15) is 0 Å². The summed E-state index contributed by atoms with van der Waals surface area (Å²) in [6.07, 6.45) is 6.21. The van der Waals surface area contributed by atoms with Crippen molar-refractivity contribution < 1.29 is 14.4 Å². The van der Waals surface area contributed by atoms with Crippen LogP contribution in [0.5, 0.6) is 0 Å². The van der Waals surface area contributed by atoms with E-state index in [1.165, 1.54) is 0 Å². The van der Waals surface area contributed by atoms with Gasteiger partial charge in [0.15, 0.2) is 0 Å². The Labute approximate surface area is 160 Å². The van der Waals surface area contributed by atoms with Crippen LogP contribution in [0.1, 0.15) is 74.7 Å². The molecule has 0 fully saturated rings. The van der Waals surface area contributed by atoms with Crippen LogP contribution in [-0.2, 0) is 9.57 Å². The number of hydrogen-bond acceptors (Lipinski definition) is 5. The van der Waals surface area contributed by atoms with Gasteiger partial charge in [0, 0.05) is 16.5 Å². The van der Waals surface area contributed by atoms with Crippen molar-refractivity contribution in [3.05, 3.63) is 12.2 Å². The van der Waals surface area contributed by atoms with Crippen LogP contribution in [0.25, 0.3) is 0 Å². The first-order valence-corrected chi connectivity index (χ1v) is 9.28. The molecule has 0 radical (unpaired) electrons. The molecule has 0 aromatic rings. The minimum atomic E-state index is -0.421. The summed E-state index contributed by atoms with van der Waals surface area (Å²) in [7, 11) is 0. The topological polar surface area (TPSA) is 99.6 Å². The molecule has 26 heavy (non-hydrogen) atoms. The van der Waals surface area contributed by atoms with E-state index in [1.54, 1.807) is 0 Å². The number of hydrogen-bond donors (Lipinski definition) is 3. The average Bonchev–Trinajstić information content (AvgIpc) is 2.38. The predicted molar refractivity (Wildman–Crippen MR) is 108 cm³/mol. The van der Waals surface area contributed by atoms with Gasteiger partial charge in [-0.1, -0.05) is 39.8 Å². The van der Waals surface area contributed by atoms with Crippen molar-refractivity contribution in [3.63, 3.8) is 0 Å². The number of alkyl carbamates (subject to hydrolysis) is 1. The number of rotatable bonds is 11. The molecule has 0 rings (SSSR count). The van der Waals surface area contributed by atoms with E-state index in [9.17, 15) is 4.79 Å². The maximum Gasteiger partial charge on any atom is 0.407 e. The lowest BCUT2D eigenvalue weighted by Crippen LogP contribution is -2.51. The number of nitrogens with one attached hydrogen (secondary N) is 1. The summed E-state index contributed by atoms with van der Waals surface area (Å²) in [6.45, 7) is 17.0. The van der Waals surface area contributed by atoms with E-state index in [1.807, 2.05) is 27.7 Å². The lowest BCUT2D eigenvalue weighted by atomic mass is 9.87. The Morgan fingerprint density at radius 2 is 1.38 bits per heavy atom. The largest absolute Gasteiger partial charge is 0.449 e. The second-order valence-corrected chi connectivity index (χ2v) is 10.3. The molecule has 0 aromatic carbocycles. The third-order valence-corrected chi connectivity index (χ3v) is 3.91. The van der Waals surface area contributed by atoms with Crippen LogP contribution in [0.2, 0.25) is 0 Å². The Kier molecular flexibility index (Phi) is 9.30. The molecule has 154 valence electrons. The van der Waals surface area contributed by atoms with Gasteiger partial charge in [-0.25, -0.2) is 10.7 Å². The highest BCUT2D eigenvalue weighted by molar-refractivity contribution is 5.68. The van der Waals surface area contributed by atoms with Gasteiger partial charge in [0.05, 0.1) is 13.2 Å². The molecule has 0 atom stereocenters. The van der Waals surface area contributed by atoms with Gasteiger partial charge < -0.3 is 20.6 Å². The monoisotopic (exact) mass is 371 g/mol. The van der Waals surface area contributed by atoms with Crippen molar-refractivity contribution >= 4 is 6.09 Å². The molecule has 0 unspecified atom stereocenters. The summed E-state index contributed by atoms with van der Waals surface area (Å²) in [6, 6.07) is 0. The van der Waals surface area contributed by atoms with E-state index >= 15 is 0 Å². The van der Waals surface area contributed by atoms with Crippen LogP contribution in [0.3, 0.4) is 0 Å². The van der Waals surface area contributed by atoms with Crippen LogP contribution in [0.4, 0.5) is 4.79 Å². The fraction of sp³-hybridized carbons (Fsp3) is 0.850. The van der Waals surface area contributed by atoms with E-state index in [4.69, 9.17) is 21.2 Å². The fourth-order valence-electron chi connectivity index (χ4n) is 2.90. The van der Waals surface area contributed by atoms with Gasteiger partial charge in [-0.05, 0) is 52.4 Å². The summed E-state index contributed by atoms with van der Waals surface area (Å²) in [5.41, 5.74) is 5.13. The molecule has 0 aliphatic rings. The Balaban J connectivity index is 4.36. The second-order valence-electron chi connectivity index (χ2n) is 10.3. The smallest absolute Gasteiger partial charge is 0.407 e. The maximum atomic E-state index is 12.1. The molecular formula is C20H41N3O3. The van der Waals surface area contributed by atoms with E-state index in [0.717, 1.165) is 12.8 Å². The predicted octanol–water partition coefficient (Wildman–Crippen LogP) is 3.90. The Morgan fingerprint density at radius 3 is 1.81 bits per heavy atom. The van der Waals surface area contributed by atoms with E-state index in [2.05, 4.69) is 45.2 Å². The number of nitrogens with two attached hydrogens (primary N) is 2. The van der Waals surface area contributed by atoms with Crippen LogP contribution < -0.4 is 16.9 Å². The molecule has 1 amide bonds.